The van der Waals surface area contributed by atoms with E-state index in [0.717, 1.165) is 42.0 Å². The molecule has 1 heterocycles. The van der Waals surface area contributed by atoms with E-state index in [0.29, 0.717) is 5.75 Å². The summed E-state index contributed by atoms with van der Waals surface area (Å²) >= 11 is 1.36. The Kier molecular flexibility index (Phi) is 6.98. The van der Waals surface area contributed by atoms with E-state index in [4.69, 9.17) is 4.74 Å². The van der Waals surface area contributed by atoms with Gasteiger partial charge in [-0.05, 0) is 49.6 Å². The molecule has 1 aliphatic rings. The van der Waals surface area contributed by atoms with Crippen molar-refractivity contribution in [2.75, 3.05) is 30.5 Å². The third-order valence-electron chi connectivity index (χ3n) is 4.85. The number of benzene rings is 2. The fourth-order valence-electron chi connectivity index (χ4n) is 3.41. The van der Waals surface area contributed by atoms with E-state index >= 15 is 0 Å². The highest BCUT2D eigenvalue weighted by molar-refractivity contribution is 8.00. The predicted octanol–water partition coefficient (Wildman–Crippen LogP) is 4.04. The maximum Gasteiger partial charge on any atom is 0.234 e. The van der Waals surface area contributed by atoms with E-state index in [1.54, 1.807) is 7.11 Å². The predicted molar refractivity (Wildman–Crippen MR) is 114 cm³/mol. The molecule has 0 spiro atoms. The van der Waals surface area contributed by atoms with Crippen molar-refractivity contribution in [1.29, 1.82) is 0 Å². The molecule has 3 rings (SSSR count). The Morgan fingerprint density at radius 2 is 1.96 bits per heavy atom. The van der Waals surface area contributed by atoms with Crippen molar-refractivity contribution in [3.8, 4) is 5.75 Å². The number of rotatable bonds is 7. The van der Waals surface area contributed by atoms with Gasteiger partial charge in [0.15, 0.2) is 0 Å². The molecule has 5 nitrogen and oxygen atoms in total. The molecule has 1 saturated heterocycles. The van der Waals surface area contributed by atoms with Crippen LogP contribution >= 0.6 is 11.8 Å². The minimum atomic E-state index is -0.0904. The van der Waals surface area contributed by atoms with Crippen molar-refractivity contribution in [1.82, 2.24) is 4.90 Å². The lowest BCUT2D eigenvalue weighted by molar-refractivity contribution is -0.129. The summed E-state index contributed by atoms with van der Waals surface area (Å²) in [6, 6.07) is 15.7. The Labute approximate surface area is 170 Å². The largest absolute Gasteiger partial charge is 0.497 e. The second-order valence-electron chi connectivity index (χ2n) is 6.93. The molecule has 2 amide bonds. The number of methoxy groups -OCH3 is 1. The summed E-state index contributed by atoms with van der Waals surface area (Å²) in [7, 11) is 1.65. The van der Waals surface area contributed by atoms with Crippen molar-refractivity contribution in [3.05, 3.63) is 59.7 Å². The van der Waals surface area contributed by atoms with Crippen molar-refractivity contribution in [2.45, 2.75) is 25.8 Å². The third kappa shape index (κ3) is 5.29. The maximum absolute atomic E-state index is 12.7. The number of amides is 2. The van der Waals surface area contributed by atoms with Gasteiger partial charge in [0.25, 0.3) is 0 Å². The van der Waals surface area contributed by atoms with Crippen LogP contribution < -0.4 is 10.1 Å². The van der Waals surface area contributed by atoms with Crippen LogP contribution in [0.25, 0.3) is 0 Å². The summed E-state index contributed by atoms with van der Waals surface area (Å²) in [5.41, 5.74) is 3.03. The quantitative estimate of drug-likeness (QED) is 0.765. The lowest BCUT2D eigenvalue weighted by Gasteiger charge is -2.25. The lowest BCUT2D eigenvalue weighted by Crippen LogP contribution is -2.32. The molecule has 1 N–H and O–H groups in total. The number of ether oxygens (including phenoxy) is 1. The smallest absolute Gasteiger partial charge is 0.234 e. The minimum Gasteiger partial charge on any atom is -0.497 e. The molecule has 6 heteroatoms. The number of likely N-dealkylation sites (tertiary alicyclic amines) is 1. The highest BCUT2D eigenvalue weighted by Gasteiger charge is 2.29. The zero-order valence-corrected chi connectivity index (χ0v) is 17.1. The first-order chi connectivity index (χ1) is 13.6. The van der Waals surface area contributed by atoms with Gasteiger partial charge in [0, 0.05) is 12.2 Å². The highest BCUT2D eigenvalue weighted by Crippen LogP contribution is 2.33. The Morgan fingerprint density at radius 3 is 2.71 bits per heavy atom. The van der Waals surface area contributed by atoms with Crippen LogP contribution in [0, 0.1) is 6.92 Å². The molecule has 0 radical (unpaired) electrons. The fraction of sp³-hybridized carbons (Fsp3) is 0.364. The summed E-state index contributed by atoms with van der Waals surface area (Å²) < 4.78 is 5.30. The lowest BCUT2D eigenvalue weighted by atomic mass is 10.0. The SMILES string of the molecule is COc1cccc(C2CCCN2C(=O)CSCC(=O)Nc2ccc(C)cc2)c1. The standard InChI is InChI=1S/C22H26N2O3S/c1-16-8-10-18(11-9-16)23-21(25)14-28-15-22(26)24-12-4-7-20(24)17-5-3-6-19(13-17)27-2/h3,5-6,8-11,13,20H,4,7,12,14-15H2,1-2H3,(H,23,25). The summed E-state index contributed by atoms with van der Waals surface area (Å²) in [6.45, 7) is 2.76. The van der Waals surface area contributed by atoms with Gasteiger partial charge < -0.3 is 15.0 Å². The van der Waals surface area contributed by atoms with Gasteiger partial charge >= 0.3 is 0 Å². The number of aryl methyl sites for hydroxylation is 1. The van der Waals surface area contributed by atoms with Crippen LogP contribution in [0.5, 0.6) is 5.75 Å². The molecule has 0 bridgehead atoms. The number of nitrogens with one attached hydrogen (secondary N) is 1. The molecule has 1 fully saturated rings. The molecule has 0 aromatic heterocycles. The summed E-state index contributed by atoms with van der Waals surface area (Å²) in [6.07, 6.45) is 1.95. The zero-order valence-electron chi connectivity index (χ0n) is 16.3. The molecule has 1 aliphatic heterocycles. The molecule has 2 aromatic rings. The van der Waals surface area contributed by atoms with Crippen LogP contribution in [0.1, 0.15) is 30.0 Å². The Hall–Kier alpha value is -2.47. The molecular weight excluding hydrogens is 372 g/mol. The van der Waals surface area contributed by atoms with Gasteiger partial charge in [-0.3, -0.25) is 9.59 Å². The van der Waals surface area contributed by atoms with Crippen LogP contribution in [0.3, 0.4) is 0 Å². The van der Waals surface area contributed by atoms with E-state index < -0.39 is 0 Å². The zero-order chi connectivity index (χ0) is 19.9. The second kappa shape index (κ2) is 9.64. The summed E-state index contributed by atoms with van der Waals surface area (Å²) in [4.78, 5) is 26.7. The van der Waals surface area contributed by atoms with E-state index in [1.165, 1.54) is 11.8 Å². The first-order valence-corrected chi connectivity index (χ1v) is 10.6. The van der Waals surface area contributed by atoms with E-state index in [2.05, 4.69) is 5.32 Å². The Bertz CT molecular complexity index is 823. The van der Waals surface area contributed by atoms with Gasteiger partial charge in [0.1, 0.15) is 5.75 Å². The number of carbonyl (C=O) groups is 2. The topological polar surface area (TPSA) is 58.6 Å². The van der Waals surface area contributed by atoms with Crippen LogP contribution in [0.4, 0.5) is 5.69 Å². The van der Waals surface area contributed by atoms with Crippen LogP contribution in [-0.4, -0.2) is 41.9 Å². The van der Waals surface area contributed by atoms with Crippen molar-refractivity contribution < 1.29 is 14.3 Å². The van der Waals surface area contributed by atoms with Crippen molar-refractivity contribution in [2.24, 2.45) is 0 Å². The highest BCUT2D eigenvalue weighted by atomic mass is 32.2. The summed E-state index contributed by atoms with van der Waals surface area (Å²) in [5, 5.41) is 2.86. The van der Waals surface area contributed by atoms with Crippen LogP contribution in [0.15, 0.2) is 48.5 Å². The molecular formula is C22H26N2O3S. The molecule has 0 saturated carbocycles. The number of carbonyl (C=O) groups excluding carboxylic acids is 2. The molecule has 28 heavy (non-hydrogen) atoms. The monoisotopic (exact) mass is 398 g/mol. The second-order valence-corrected chi connectivity index (χ2v) is 7.91. The Balaban J connectivity index is 1.49. The fourth-order valence-corrected chi connectivity index (χ4v) is 4.11. The minimum absolute atomic E-state index is 0.0819. The third-order valence-corrected chi connectivity index (χ3v) is 5.76. The maximum atomic E-state index is 12.7. The van der Waals surface area contributed by atoms with Gasteiger partial charge in [-0.1, -0.05) is 29.8 Å². The van der Waals surface area contributed by atoms with Crippen molar-refractivity contribution in [3.63, 3.8) is 0 Å². The number of anilines is 1. The van der Waals surface area contributed by atoms with E-state index in [1.807, 2.05) is 60.4 Å². The van der Waals surface area contributed by atoms with E-state index in [-0.39, 0.29) is 23.6 Å². The molecule has 1 atom stereocenters. The number of thioether (sulfide) groups is 1. The number of nitrogens with zero attached hydrogens (tertiary/aromatic N) is 1. The van der Waals surface area contributed by atoms with Gasteiger partial charge in [-0.15, -0.1) is 11.8 Å². The summed E-state index contributed by atoms with van der Waals surface area (Å²) in [5.74, 6) is 1.36. The Morgan fingerprint density at radius 1 is 1.18 bits per heavy atom. The van der Waals surface area contributed by atoms with Gasteiger partial charge in [-0.25, -0.2) is 0 Å². The molecule has 148 valence electrons. The normalized spacial score (nSPS) is 16.1. The van der Waals surface area contributed by atoms with Gasteiger partial charge in [0.2, 0.25) is 11.8 Å². The molecule has 0 aliphatic carbocycles. The van der Waals surface area contributed by atoms with Crippen LogP contribution in [-0.2, 0) is 9.59 Å². The van der Waals surface area contributed by atoms with Gasteiger partial charge in [-0.2, -0.15) is 0 Å². The van der Waals surface area contributed by atoms with E-state index in [9.17, 15) is 9.59 Å². The molecule has 1 unspecified atom stereocenters. The van der Waals surface area contributed by atoms with Crippen LogP contribution in [0.2, 0.25) is 0 Å². The number of hydrogen-bond acceptors (Lipinski definition) is 4. The number of hydrogen-bond donors (Lipinski definition) is 1. The molecule has 2 aromatic carbocycles. The average molecular weight is 399 g/mol. The first kappa shape index (κ1) is 20.3. The van der Waals surface area contributed by atoms with Gasteiger partial charge in [0.05, 0.1) is 24.7 Å². The van der Waals surface area contributed by atoms with Crippen molar-refractivity contribution >= 4 is 29.3 Å². The first-order valence-electron chi connectivity index (χ1n) is 9.44. The average Bonchev–Trinajstić information content (AvgIpc) is 3.20.